The molecule has 1 atom stereocenters. The predicted octanol–water partition coefficient (Wildman–Crippen LogP) is 1.23. The first kappa shape index (κ1) is 8.47. The Morgan fingerprint density at radius 2 is 2.55 bits per heavy atom. The van der Waals surface area contributed by atoms with Crippen LogP contribution in [0.1, 0.15) is 19.3 Å². The lowest BCUT2D eigenvalue weighted by molar-refractivity contribution is -0.122. The monoisotopic (exact) mass is 153 g/mol. The molecular weight excluding hydrogens is 138 g/mol. The number of hydrogen-bond acceptors (Lipinski definition) is 2. The Morgan fingerprint density at radius 3 is 3.18 bits per heavy atom. The van der Waals surface area contributed by atoms with Crippen molar-refractivity contribution in [2.45, 2.75) is 25.3 Å². The first-order chi connectivity index (χ1) is 5.24. The molecule has 2 nitrogen and oxygen atoms in total. The van der Waals surface area contributed by atoms with Crippen LogP contribution >= 0.6 is 0 Å². The normalized spacial score (nSPS) is 27.0. The Balaban J connectivity index is 2.46. The molecule has 1 aliphatic rings. The van der Waals surface area contributed by atoms with Gasteiger partial charge in [-0.25, -0.2) is 0 Å². The smallest absolute Gasteiger partial charge is 0.135 e. The lowest BCUT2D eigenvalue weighted by Gasteiger charge is -2.30. The molecule has 0 aromatic rings. The highest BCUT2D eigenvalue weighted by molar-refractivity contribution is 5.79. The first-order valence-corrected chi connectivity index (χ1v) is 4.07. The summed E-state index contributed by atoms with van der Waals surface area (Å²) in [6.07, 6.45) is 4.26. The van der Waals surface area contributed by atoms with Gasteiger partial charge in [-0.05, 0) is 13.5 Å². The van der Waals surface area contributed by atoms with Gasteiger partial charge in [-0.1, -0.05) is 6.08 Å². The Labute approximate surface area is 67.9 Å². The zero-order valence-electron chi connectivity index (χ0n) is 7.05. The molecule has 0 bridgehead atoms. The second-order valence-corrected chi connectivity index (χ2v) is 3.15. The van der Waals surface area contributed by atoms with E-state index in [-0.39, 0.29) is 0 Å². The summed E-state index contributed by atoms with van der Waals surface area (Å²) in [6, 6.07) is 0.411. The van der Waals surface area contributed by atoms with Crippen LogP contribution in [0.2, 0.25) is 0 Å². The first-order valence-electron chi connectivity index (χ1n) is 4.07. The van der Waals surface area contributed by atoms with Crippen molar-refractivity contribution in [3.63, 3.8) is 0 Å². The minimum absolute atomic E-state index is 0.398. The van der Waals surface area contributed by atoms with E-state index in [0.29, 0.717) is 18.2 Å². The standard InChI is InChI=1S/C9H15NO/c1-3-4-8-7-9(11)5-6-10(8)2/h3,8H,1,4-7H2,2H3/t8-/m0/s1. The molecule has 0 saturated carbocycles. The number of nitrogens with zero attached hydrogens (tertiary/aromatic N) is 1. The van der Waals surface area contributed by atoms with Gasteiger partial charge in [0.25, 0.3) is 0 Å². The van der Waals surface area contributed by atoms with Crippen LogP contribution in [0.25, 0.3) is 0 Å². The number of likely N-dealkylation sites (tertiary alicyclic amines) is 1. The molecule has 1 rings (SSSR count). The largest absolute Gasteiger partial charge is 0.302 e. The summed E-state index contributed by atoms with van der Waals surface area (Å²) >= 11 is 0. The minimum Gasteiger partial charge on any atom is -0.302 e. The summed E-state index contributed by atoms with van der Waals surface area (Å²) in [4.78, 5) is 13.3. The molecule has 2 heteroatoms. The van der Waals surface area contributed by atoms with E-state index >= 15 is 0 Å². The molecule has 11 heavy (non-hydrogen) atoms. The van der Waals surface area contributed by atoms with Gasteiger partial charge < -0.3 is 4.90 Å². The van der Waals surface area contributed by atoms with Crippen molar-refractivity contribution < 1.29 is 4.79 Å². The van der Waals surface area contributed by atoms with Crippen LogP contribution in [0, 0.1) is 0 Å². The lowest BCUT2D eigenvalue weighted by atomic mass is 9.99. The van der Waals surface area contributed by atoms with Crippen LogP contribution in [0.3, 0.4) is 0 Å². The fourth-order valence-electron chi connectivity index (χ4n) is 1.46. The molecule has 1 aliphatic heterocycles. The van der Waals surface area contributed by atoms with E-state index in [1.165, 1.54) is 0 Å². The van der Waals surface area contributed by atoms with Crippen LogP contribution in [-0.4, -0.2) is 30.3 Å². The van der Waals surface area contributed by atoms with E-state index in [0.717, 1.165) is 19.4 Å². The minimum atomic E-state index is 0.398. The van der Waals surface area contributed by atoms with Crippen LogP contribution in [0.15, 0.2) is 12.7 Å². The van der Waals surface area contributed by atoms with Crippen LogP contribution in [0.5, 0.6) is 0 Å². The van der Waals surface area contributed by atoms with Gasteiger partial charge >= 0.3 is 0 Å². The Hall–Kier alpha value is -0.630. The number of rotatable bonds is 2. The van der Waals surface area contributed by atoms with Crippen molar-refractivity contribution in [2.24, 2.45) is 0 Å². The third kappa shape index (κ3) is 2.15. The van der Waals surface area contributed by atoms with Crippen molar-refractivity contribution in [3.8, 4) is 0 Å². The van der Waals surface area contributed by atoms with Gasteiger partial charge in [-0.2, -0.15) is 0 Å². The molecule has 1 saturated heterocycles. The fourth-order valence-corrected chi connectivity index (χ4v) is 1.46. The van der Waals surface area contributed by atoms with Gasteiger partial charge in [0, 0.05) is 25.4 Å². The van der Waals surface area contributed by atoms with Gasteiger partial charge in [-0.15, -0.1) is 6.58 Å². The molecule has 0 radical (unpaired) electrons. The highest BCUT2D eigenvalue weighted by Gasteiger charge is 2.22. The van der Waals surface area contributed by atoms with E-state index in [1.807, 2.05) is 6.08 Å². The summed E-state index contributed by atoms with van der Waals surface area (Å²) in [5, 5.41) is 0. The van der Waals surface area contributed by atoms with Crippen LogP contribution in [0.4, 0.5) is 0 Å². The number of carbonyl (C=O) groups is 1. The summed E-state index contributed by atoms with van der Waals surface area (Å²) in [5.74, 6) is 0.398. The molecule has 62 valence electrons. The van der Waals surface area contributed by atoms with E-state index in [1.54, 1.807) is 0 Å². The highest BCUT2D eigenvalue weighted by Crippen LogP contribution is 2.14. The van der Waals surface area contributed by atoms with Gasteiger partial charge in [0.2, 0.25) is 0 Å². The quantitative estimate of drug-likeness (QED) is 0.556. The van der Waals surface area contributed by atoms with Gasteiger partial charge in [0.15, 0.2) is 0 Å². The molecule has 0 N–H and O–H groups in total. The maximum atomic E-state index is 11.0. The average Bonchev–Trinajstić information content (AvgIpc) is 1.98. The number of hydrogen-bond donors (Lipinski definition) is 0. The van der Waals surface area contributed by atoms with E-state index in [2.05, 4.69) is 18.5 Å². The summed E-state index contributed by atoms with van der Waals surface area (Å²) < 4.78 is 0. The predicted molar refractivity (Wildman–Crippen MR) is 45.5 cm³/mol. The number of ketones is 1. The molecule has 0 aliphatic carbocycles. The molecule has 0 amide bonds. The topological polar surface area (TPSA) is 20.3 Å². The maximum absolute atomic E-state index is 11.0. The van der Waals surface area contributed by atoms with Crippen molar-refractivity contribution in [1.29, 1.82) is 0 Å². The number of Topliss-reactive ketones (excluding diaryl/α,β-unsaturated/α-hetero) is 1. The van der Waals surface area contributed by atoms with Gasteiger partial charge in [0.05, 0.1) is 0 Å². The van der Waals surface area contributed by atoms with Crippen molar-refractivity contribution in [3.05, 3.63) is 12.7 Å². The summed E-state index contributed by atoms with van der Waals surface area (Å²) in [6.45, 7) is 4.59. The fraction of sp³-hybridized carbons (Fsp3) is 0.667. The van der Waals surface area contributed by atoms with E-state index < -0.39 is 0 Å². The lowest BCUT2D eigenvalue weighted by Crippen LogP contribution is -2.39. The molecule has 0 aromatic carbocycles. The van der Waals surface area contributed by atoms with Crippen molar-refractivity contribution >= 4 is 5.78 Å². The van der Waals surface area contributed by atoms with E-state index in [9.17, 15) is 4.79 Å². The van der Waals surface area contributed by atoms with Crippen molar-refractivity contribution in [1.82, 2.24) is 4.90 Å². The van der Waals surface area contributed by atoms with E-state index in [4.69, 9.17) is 0 Å². The summed E-state index contributed by atoms with van der Waals surface area (Å²) in [7, 11) is 2.07. The third-order valence-corrected chi connectivity index (χ3v) is 2.27. The summed E-state index contributed by atoms with van der Waals surface area (Å²) in [5.41, 5.74) is 0. The molecule has 0 aromatic heterocycles. The molecule has 0 spiro atoms. The second-order valence-electron chi connectivity index (χ2n) is 3.15. The average molecular weight is 153 g/mol. The Morgan fingerprint density at radius 1 is 1.82 bits per heavy atom. The number of carbonyl (C=O) groups excluding carboxylic acids is 1. The molecule has 1 fully saturated rings. The Kier molecular flexibility index (Phi) is 2.83. The molecule has 0 unspecified atom stereocenters. The highest BCUT2D eigenvalue weighted by atomic mass is 16.1. The molecular formula is C9H15NO. The number of piperidine rings is 1. The van der Waals surface area contributed by atoms with Gasteiger partial charge in [0.1, 0.15) is 5.78 Å². The third-order valence-electron chi connectivity index (χ3n) is 2.27. The maximum Gasteiger partial charge on any atom is 0.135 e. The zero-order valence-corrected chi connectivity index (χ0v) is 7.05. The van der Waals surface area contributed by atoms with Crippen LogP contribution in [-0.2, 0) is 4.79 Å². The SMILES string of the molecule is C=CC[C@H]1CC(=O)CCN1C. The Bertz CT molecular complexity index is 165. The molecule has 1 heterocycles. The van der Waals surface area contributed by atoms with Gasteiger partial charge in [-0.3, -0.25) is 4.79 Å². The zero-order chi connectivity index (χ0) is 8.27. The van der Waals surface area contributed by atoms with Crippen LogP contribution < -0.4 is 0 Å². The second kappa shape index (κ2) is 3.67. The van der Waals surface area contributed by atoms with Crippen molar-refractivity contribution in [2.75, 3.05) is 13.6 Å².